The van der Waals surface area contributed by atoms with Gasteiger partial charge in [0, 0.05) is 17.9 Å². The molecule has 0 amide bonds. The summed E-state index contributed by atoms with van der Waals surface area (Å²) in [5.74, 6) is 0.304. The first-order valence-electron chi connectivity index (χ1n) is 3.79. The Hall–Kier alpha value is -0.730. The number of benzene rings is 1. The average molecular weight is 218 g/mol. The van der Waals surface area contributed by atoms with Crippen molar-refractivity contribution < 1.29 is 4.79 Å². The topological polar surface area (TPSA) is 43.1 Å². The summed E-state index contributed by atoms with van der Waals surface area (Å²) in [7, 11) is 0. The number of hydrogen-bond acceptors (Lipinski definition) is 2. The summed E-state index contributed by atoms with van der Waals surface area (Å²) in [5.41, 5.74) is 6.52. The van der Waals surface area contributed by atoms with Crippen LogP contribution in [0.1, 0.15) is 16.8 Å². The van der Waals surface area contributed by atoms with Gasteiger partial charge in [0.1, 0.15) is 0 Å². The summed E-state index contributed by atoms with van der Waals surface area (Å²) in [6.45, 7) is 0. The van der Waals surface area contributed by atoms with E-state index in [0.717, 1.165) is 0 Å². The second kappa shape index (κ2) is 4.49. The first-order valence-corrected chi connectivity index (χ1v) is 4.70. The molecule has 4 heteroatoms. The van der Waals surface area contributed by atoms with E-state index in [1.807, 2.05) is 0 Å². The lowest BCUT2D eigenvalue weighted by Gasteiger charge is -2.01. The van der Waals surface area contributed by atoms with Crippen molar-refractivity contribution in [3.05, 3.63) is 28.8 Å². The molecule has 13 heavy (non-hydrogen) atoms. The van der Waals surface area contributed by atoms with Gasteiger partial charge < -0.3 is 5.73 Å². The number of ketones is 1. The molecule has 0 heterocycles. The molecule has 0 unspecified atom stereocenters. The number of carbonyl (C=O) groups excluding carboxylic acids is 1. The van der Waals surface area contributed by atoms with Gasteiger partial charge >= 0.3 is 0 Å². The molecule has 0 spiro atoms. The van der Waals surface area contributed by atoms with E-state index < -0.39 is 0 Å². The highest BCUT2D eigenvalue weighted by molar-refractivity contribution is 6.33. The molecule has 0 saturated heterocycles. The molecule has 0 saturated carbocycles. The molecular formula is C9H9Cl2NO. The highest BCUT2D eigenvalue weighted by Gasteiger charge is 2.06. The summed E-state index contributed by atoms with van der Waals surface area (Å²) < 4.78 is 0. The summed E-state index contributed by atoms with van der Waals surface area (Å²) in [6, 6.07) is 4.83. The van der Waals surface area contributed by atoms with Crippen LogP contribution in [0.15, 0.2) is 18.2 Å². The van der Waals surface area contributed by atoms with Crippen molar-refractivity contribution in [2.24, 2.45) is 0 Å². The number of nitrogens with two attached hydrogens (primary N) is 1. The van der Waals surface area contributed by atoms with Gasteiger partial charge in [-0.05, 0) is 18.2 Å². The molecular weight excluding hydrogens is 209 g/mol. The molecule has 0 aliphatic rings. The predicted octanol–water partition coefficient (Wildman–Crippen LogP) is 2.73. The maximum atomic E-state index is 11.3. The molecule has 1 aromatic rings. The fourth-order valence-corrected chi connectivity index (χ4v) is 1.28. The minimum atomic E-state index is -0.0168. The Morgan fingerprint density at radius 2 is 2.15 bits per heavy atom. The first kappa shape index (κ1) is 10.4. The normalized spacial score (nSPS) is 10.0. The van der Waals surface area contributed by atoms with Gasteiger partial charge in [-0.25, -0.2) is 0 Å². The van der Waals surface area contributed by atoms with Crippen LogP contribution in [0.25, 0.3) is 0 Å². The summed E-state index contributed by atoms with van der Waals surface area (Å²) >= 11 is 11.2. The molecule has 0 bridgehead atoms. The number of Topliss-reactive ketones (excluding diaryl/α,β-unsaturated/α-hetero) is 1. The Balaban J connectivity index is 2.90. The number of nitrogen functional groups attached to an aromatic ring is 1. The Bertz CT molecular complexity index is 325. The van der Waals surface area contributed by atoms with E-state index in [2.05, 4.69) is 0 Å². The second-order valence-electron chi connectivity index (χ2n) is 2.60. The van der Waals surface area contributed by atoms with Crippen LogP contribution in [0.2, 0.25) is 5.02 Å². The van der Waals surface area contributed by atoms with Crippen molar-refractivity contribution in [1.82, 2.24) is 0 Å². The Kier molecular flexibility index (Phi) is 3.58. The number of halogens is 2. The molecule has 0 atom stereocenters. The van der Waals surface area contributed by atoms with Crippen LogP contribution in [-0.2, 0) is 0 Å². The van der Waals surface area contributed by atoms with Crippen molar-refractivity contribution >= 4 is 34.7 Å². The lowest BCUT2D eigenvalue weighted by Crippen LogP contribution is -2.00. The zero-order valence-electron chi connectivity index (χ0n) is 6.89. The van der Waals surface area contributed by atoms with E-state index in [0.29, 0.717) is 28.6 Å². The minimum Gasteiger partial charge on any atom is -0.398 e. The molecule has 1 rings (SSSR count). The van der Waals surface area contributed by atoms with E-state index in [1.54, 1.807) is 18.2 Å². The smallest absolute Gasteiger partial charge is 0.164 e. The van der Waals surface area contributed by atoms with Crippen LogP contribution in [0, 0.1) is 0 Å². The van der Waals surface area contributed by atoms with Crippen LogP contribution in [-0.4, -0.2) is 11.7 Å². The van der Waals surface area contributed by atoms with Gasteiger partial charge in [0.05, 0.1) is 10.7 Å². The fourth-order valence-electron chi connectivity index (χ4n) is 0.931. The number of hydrogen-bond donors (Lipinski definition) is 1. The van der Waals surface area contributed by atoms with Crippen LogP contribution in [0.3, 0.4) is 0 Å². The summed E-state index contributed by atoms with van der Waals surface area (Å²) in [5, 5.41) is 0.403. The highest BCUT2D eigenvalue weighted by Crippen LogP contribution is 2.20. The summed E-state index contributed by atoms with van der Waals surface area (Å²) in [4.78, 5) is 11.3. The molecule has 0 radical (unpaired) electrons. The van der Waals surface area contributed by atoms with E-state index >= 15 is 0 Å². The SMILES string of the molecule is Nc1ccc(C(=O)CCCl)cc1Cl. The number of rotatable bonds is 3. The van der Waals surface area contributed by atoms with Crippen molar-refractivity contribution in [3.63, 3.8) is 0 Å². The average Bonchev–Trinajstić information content (AvgIpc) is 2.10. The van der Waals surface area contributed by atoms with Crippen molar-refractivity contribution in [2.45, 2.75) is 6.42 Å². The van der Waals surface area contributed by atoms with Gasteiger partial charge in [-0.2, -0.15) is 0 Å². The third kappa shape index (κ3) is 2.61. The van der Waals surface area contributed by atoms with Gasteiger partial charge in [0.15, 0.2) is 5.78 Å². The molecule has 0 aliphatic heterocycles. The van der Waals surface area contributed by atoms with E-state index in [4.69, 9.17) is 28.9 Å². The third-order valence-electron chi connectivity index (χ3n) is 1.64. The fraction of sp³-hybridized carbons (Fsp3) is 0.222. The van der Waals surface area contributed by atoms with Crippen molar-refractivity contribution in [1.29, 1.82) is 0 Å². The highest BCUT2D eigenvalue weighted by atomic mass is 35.5. The van der Waals surface area contributed by atoms with Crippen LogP contribution in [0.4, 0.5) is 5.69 Å². The summed E-state index contributed by atoms with van der Waals surface area (Å²) in [6.07, 6.45) is 0.321. The molecule has 1 aromatic carbocycles. The lowest BCUT2D eigenvalue weighted by molar-refractivity contribution is 0.0989. The number of alkyl halides is 1. The van der Waals surface area contributed by atoms with Gasteiger partial charge in [-0.15, -0.1) is 11.6 Å². The maximum Gasteiger partial charge on any atom is 0.164 e. The Morgan fingerprint density at radius 1 is 1.46 bits per heavy atom. The van der Waals surface area contributed by atoms with Gasteiger partial charge in [-0.1, -0.05) is 11.6 Å². The molecule has 2 nitrogen and oxygen atoms in total. The van der Waals surface area contributed by atoms with Crippen molar-refractivity contribution in [3.8, 4) is 0 Å². The number of anilines is 1. The lowest BCUT2D eigenvalue weighted by atomic mass is 10.1. The number of carbonyl (C=O) groups is 1. The molecule has 70 valence electrons. The second-order valence-corrected chi connectivity index (χ2v) is 3.38. The quantitative estimate of drug-likeness (QED) is 0.481. The van der Waals surface area contributed by atoms with Crippen molar-refractivity contribution in [2.75, 3.05) is 11.6 Å². The molecule has 0 aromatic heterocycles. The molecule has 2 N–H and O–H groups in total. The van der Waals surface area contributed by atoms with E-state index in [1.165, 1.54) is 0 Å². The largest absolute Gasteiger partial charge is 0.398 e. The van der Waals surface area contributed by atoms with Crippen LogP contribution in [0.5, 0.6) is 0 Å². The monoisotopic (exact) mass is 217 g/mol. The first-order chi connectivity index (χ1) is 6.15. The minimum absolute atomic E-state index is 0.0168. The van der Waals surface area contributed by atoms with E-state index in [9.17, 15) is 4.79 Å². The molecule has 0 aliphatic carbocycles. The predicted molar refractivity (Wildman–Crippen MR) is 55.5 cm³/mol. The van der Waals surface area contributed by atoms with Gasteiger partial charge in [-0.3, -0.25) is 4.79 Å². The van der Waals surface area contributed by atoms with Crippen LogP contribution < -0.4 is 5.73 Å². The van der Waals surface area contributed by atoms with Gasteiger partial charge in [0.25, 0.3) is 0 Å². The zero-order chi connectivity index (χ0) is 9.84. The maximum absolute atomic E-state index is 11.3. The van der Waals surface area contributed by atoms with Gasteiger partial charge in [0.2, 0.25) is 0 Å². The Morgan fingerprint density at radius 3 is 2.69 bits per heavy atom. The Labute approximate surface area is 86.6 Å². The third-order valence-corrected chi connectivity index (χ3v) is 2.16. The zero-order valence-corrected chi connectivity index (χ0v) is 8.40. The standard InChI is InChI=1S/C9H9Cl2NO/c10-4-3-9(13)6-1-2-8(12)7(11)5-6/h1-2,5H,3-4,12H2. The van der Waals surface area contributed by atoms with E-state index in [-0.39, 0.29) is 5.78 Å². The molecule has 0 fully saturated rings. The van der Waals surface area contributed by atoms with Crippen LogP contribution >= 0.6 is 23.2 Å².